The molecule has 0 aliphatic heterocycles. The summed E-state index contributed by atoms with van der Waals surface area (Å²) in [5.41, 5.74) is 0. The molecule has 0 unspecified atom stereocenters. The predicted molar refractivity (Wildman–Crippen MR) is 119 cm³/mol. The van der Waals surface area contributed by atoms with Crippen molar-refractivity contribution in [3.63, 3.8) is 0 Å². The average molecular weight is 501 g/mol. The van der Waals surface area contributed by atoms with E-state index in [1.54, 1.807) is 21.6 Å². The number of thiazole rings is 1. The van der Waals surface area contributed by atoms with E-state index in [0.717, 1.165) is 5.03 Å². The summed E-state index contributed by atoms with van der Waals surface area (Å²) in [6.07, 6.45) is 12.4. The zero-order valence-electron chi connectivity index (χ0n) is 17.1. The Morgan fingerprint density at radius 3 is 2.08 bits per heavy atom. The van der Waals surface area contributed by atoms with E-state index in [2.05, 4.69) is 42.6 Å². The molecule has 0 aliphatic carbocycles. The van der Waals surface area contributed by atoms with Gasteiger partial charge < -0.3 is 0 Å². The second kappa shape index (κ2) is 10.5. The molecule has 0 amide bonds. The summed E-state index contributed by atoms with van der Waals surface area (Å²) in [7, 11) is 0. The Balaban J connectivity index is 2.55. The fourth-order valence-corrected chi connectivity index (χ4v) is 24.5. The first kappa shape index (κ1) is 22.3. The number of hydrogen-bond acceptors (Lipinski definition) is 4. The molecule has 0 aromatic carbocycles. The summed E-state index contributed by atoms with van der Waals surface area (Å²) in [5, 5.41) is 1.02. The minimum atomic E-state index is -2.44. The topological polar surface area (TPSA) is 34.4 Å². The molecular weight excluding hydrogens is 467 g/mol. The SMILES string of the molecule is CCC[CH2][Sn]([CH2]CCC)([CH2]CCC)[c]1cn2c(C(C)=O)nc(SC)c2s1. The molecule has 2 aromatic rings. The van der Waals surface area contributed by atoms with Crippen molar-refractivity contribution in [1.82, 2.24) is 9.38 Å². The van der Waals surface area contributed by atoms with Gasteiger partial charge in [-0.2, -0.15) is 0 Å². The average Bonchev–Trinajstić information content (AvgIpc) is 3.20. The van der Waals surface area contributed by atoms with Crippen LogP contribution in [0.1, 0.15) is 76.8 Å². The van der Waals surface area contributed by atoms with Gasteiger partial charge in [0.1, 0.15) is 0 Å². The molecule has 6 heteroatoms. The van der Waals surface area contributed by atoms with Crippen molar-refractivity contribution in [2.75, 3.05) is 6.26 Å². The van der Waals surface area contributed by atoms with Gasteiger partial charge in [-0.15, -0.1) is 0 Å². The summed E-state index contributed by atoms with van der Waals surface area (Å²) in [4.78, 5) is 17.9. The molecule has 0 radical (unpaired) electrons. The molecule has 0 N–H and O–H groups in total. The monoisotopic (exact) mass is 502 g/mol. The molecule has 26 heavy (non-hydrogen) atoms. The van der Waals surface area contributed by atoms with Crippen molar-refractivity contribution in [2.45, 2.75) is 84.6 Å². The molecule has 0 aliphatic rings. The number of imidazole rings is 1. The van der Waals surface area contributed by atoms with Gasteiger partial charge in [-0.1, -0.05) is 0 Å². The van der Waals surface area contributed by atoms with Gasteiger partial charge in [0.15, 0.2) is 0 Å². The zero-order chi connectivity index (χ0) is 19.2. The molecule has 0 spiro atoms. The van der Waals surface area contributed by atoms with E-state index in [1.807, 2.05) is 11.3 Å². The number of carbonyl (C=O) groups is 1. The molecule has 0 bridgehead atoms. The van der Waals surface area contributed by atoms with Crippen molar-refractivity contribution in [2.24, 2.45) is 0 Å². The van der Waals surface area contributed by atoms with Crippen LogP contribution in [0.3, 0.4) is 0 Å². The fourth-order valence-electron chi connectivity index (χ4n) is 3.77. The van der Waals surface area contributed by atoms with Crippen LogP contribution in [0, 0.1) is 0 Å². The number of carbonyl (C=O) groups excluding carboxylic acids is 1. The van der Waals surface area contributed by atoms with Crippen molar-refractivity contribution in [3.8, 4) is 0 Å². The second-order valence-corrected chi connectivity index (χ2v) is 23.3. The minimum absolute atomic E-state index is 0.0705. The molecule has 2 heterocycles. The van der Waals surface area contributed by atoms with Gasteiger partial charge in [0.05, 0.1) is 0 Å². The number of nitrogens with zero attached hydrogens (tertiary/aromatic N) is 2. The van der Waals surface area contributed by atoms with Gasteiger partial charge in [-0.3, -0.25) is 0 Å². The Hall–Kier alpha value is -0.0113. The van der Waals surface area contributed by atoms with E-state index < -0.39 is 18.4 Å². The Morgan fingerprint density at radius 1 is 1.12 bits per heavy atom. The first-order valence-corrected chi connectivity index (χ1v) is 19.6. The van der Waals surface area contributed by atoms with E-state index >= 15 is 0 Å². The summed E-state index contributed by atoms with van der Waals surface area (Å²) in [5.74, 6) is 0.689. The van der Waals surface area contributed by atoms with Gasteiger partial charge in [0, 0.05) is 0 Å². The third-order valence-corrected chi connectivity index (χ3v) is 25.4. The first-order valence-electron chi connectivity index (χ1n) is 10.1. The van der Waals surface area contributed by atoms with E-state index in [0.29, 0.717) is 5.82 Å². The van der Waals surface area contributed by atoms with Crippen LogP contribution in [0.5, 0.6) is 0 Å². The van der Waals surface area contributed by atoms with Crippen LogP contribution in [0.4, 0.5) is 0 Å². The van der Waals surface area contributed by atoms with Gasteiger partial charge >= 0.3 is 172 Å². The zero-order valence-corrected chi connectivity index (χ0v) is 21.5. The number of thioether (sulfide) groups is 1. The van der Waals surface area contributed by atoms with Crippen LogP contribution in [0.15, 0.2) is 11.2 Å². The molecule has 0 saturated heterocycles. The number of rotatable bonds is 12. The van der Waals surface area contributed by atoms with Crippen LogP contribution in [-0.2, 0) is 0 Å². The number of Topliss-reactive ketones (excluding diaryl/α,β-unsaturated/α-hetero) is 1. The van der Waals surface area contributed by atoms with Gasteiger partial charge in [-0.05, 0) is 0 Å². The molecule has 0 saturated carbocycles. The van der Waals surface area contributed by atoms with E-state index in [1.165, 1.54) is 56.7 Å². The summed E-state index contributed by atoms with van der Waals surface area (Å²) < 4.78 is 8.18. The van der Waals surface area contributed by atoms with Crippen LogP contribution < -0.4 is 2.89 Å². The van der Waals surface area contributed by atoms with Crippen LogP contribution in [-0.4, -0.2) is 39.8 Å². The van der Waals surface area contributed by atoms with Crippen molar-refractivity contribution in [1.29, 1.82) is 0 Å². The number of aromatic nitrogens is 2. The van der Waals surface area contributed by atoms with Gasteiger partial charge in [0.25, 0.3) is 0 Å². The van der Waals surface area contributed by atoms with Crippen LogP contribution >= 0.6 is 23.1 Å². The van der Waals surface area contributed by atoms with Crippen molar-refractivity contribution >= 4 is 55.0 Å². The molecule has 0 atom stereocenters. The first-order chi connectivity index (χ1) is 12.5. The van der Waals surface area contributed by atoms with Gasteiger partial charge in [-0.25, -0.2) is 0 Å². The maximum absolute atomic E-state index is 12.1. The van der Waals surface area contributed by atoms with Crippen molar-refractivity contribution < 1.29 is 4.79 Å². The third kappa shape index (κ3) is 4.88. The van der Waals surface area contributed by atoms with E-state index in [9.17, 15) is 4.79 Å². The van der Waals surface area contributed by atoms with Gasteiger partial charge in [0.2, 0.25) is 0 Å². The number of fused-ring (bicyclic) bond motifs is 1. The Kier molecular flexibility index (Phi) is 9.01. The summed E-state index contributed by atoms with van der Waals surface area (Å²) in [6, 6.07) is 0. The van der Waals surface area contributed by atoms with E-state index in [4.69, 9.17) is 0 Å². The predicted octanol–water partition coefficient (Wildman–Crippen LogP) is 6.38. The molecule has 2 aromatic heterocycles. The summed E-state index contributed by atoms with van der Waals surface area (Å²) >= 11 is 1.19. The second-order valence-electron chi connectivity index (χ2n) is 7.36. The number of hydrogen-bond donors (Lipinski definition) is 0. The molecule has 3 nitrogen and oxygen atoms in total. The quantitative estimate of drug-likeness (QED) is 0.192. The number of ketones is 1. The van der Waals surface area contributed by atoms with Crippen LogP contribution in [0.2, 0.25) is 13.3 Å². The fraction of sp³-hybridized carbons (Fsp3) is 0.700. The Morgan fingerprint density at radius 2 is 1.65 bits per heavy atom. The van der Waals surface area contributed by atoms with Crippen molar-refractivity contribution in [3.05, 3.63) is 12.0 Å². The molecular formula is C20H34N2OS2Sn. The standard InChI is InChI=1S/C8H7N2OS2.3C4H9.Sn/c1-5(11)6-9-7(12-2)8-10(6)3-4-13-8;3*1-3-4-2;/h3H,1-2H3;3*1,3-4H2,2H3;. The Labute approximate surface area is 171 Å². The Bertz CT molecular complexity index is 701. The third-order valence-electron chi connectivity index (χ3n) is 5.35. The van der Waals surface area contributed by atoms with Crippen LogP contribution in [0.25, 0.3) is 4.83 Å². The maximum atomic E-state index is 12.1. The molecule has 0 fully saturated rings. The van der Waals surface area contributed by atoms with E-state index in [-0.39, 0.29) is 5.78 Å². The normalized spacial score (nSPS) is 12.2. The summed E-state index contributed by atoms with van der Waals surface area (Å²) in [6.45, 7) is 8.59. The number of unbranched alkanes of at least 4 members (excludes halogenated alkanes) is 3. The molecule has 2 rings (SSSR count). The molecule has 146 valence electrons.